The van der Waals surface area contributed by atoms with E-state index >= 15 is 0 Å². The van der Waals surface area contributed by atoms with Crippen LogP contribution in [0.25, 0.3) is 0 Å². The van der Waals surface area contributed by atoms with Crippen molar-refractivity contribution in [3.63, 3.8) is 0 Å². The van der Waals surface area contributed by atoms with Crippen LogP contribution in [0.2, 0.25) is 0 Å². The predicted molar refractivity (Wildman–Crippen MR) is 99.9 cm³/mol. The van der Waals surface area contributed by atoms with Crippen molar-refractivity contribution in [2.24, 2.45) is 0 Å². The van der Waals surface area contributed by atoms with Crippen molar-refractivity contribution in [1.29, 1.82) is 0 Å². The maximum atomic E-state index is 10.9. The van der Waals surface area contributed by atoms with Crippen LogP contribution in [0.1, 0.15) is 71.1 Å². The fraction of sp³-hybridized carbons (Fsp3) is 0.667. The molecule has 0 unspecified atom stereocenters. The molecule has 1 aliphatic heterocycles. The Morgan fingerprint density at radius 2 is 1.54 bits per heavy atom. The first-order chi connectivity index (χ1) is 11.8. The summed E-state index contributed by atoms with van der Waals surface area (Å²) in [5, 5.41) is 0. The second-order valence-corrected chi connectivity index (χ2v) is 6.30. The Labute approximate surface area is 147 Å². The topological polar surface area (TPSA) is 38.8 Å². The lowest BCUT2D eigenvalue weighted by Gasteiger charge is -1.95. The zero-order valence-corrected chi connectivity index (χ0v) is 15.4. The van der Waals surface area contributed by atoms with Crippen molar-refractivity contribution in [2.45, 2.75) is 83.3 Å². The van der Waals surface area contributed by atoms with E-state index in [4.69, 9.17) is 4.74 Å². The van der Waals surface area contributed by atoms with E-state index in [1.54, 1.807) is 0 Å². The quantitative estimate of drug-likeness (QED) is 0.182. The summed E-state index contributed by atoms with van der Waals surface area (Å²) >= 11 is 0. The van der Waals surface area contributed by atoms with Gasteiger partial charge in [-0.2, -0.15) is 0 Å². The number of unbranched alkanes of at least 4 members (excludes halogenated alkanes) is 4. The standard InChI is InChI=1S/C21H34O3/c1-3-4-5-6-10-13-16-19-20(24-19)17-14-11-8-7-9-12-15-18-21(22)23-2/h7,9-11,13-14,19-20H,3-6,8,12,15-18H2,1-2H3/t19-,20+/m0/s1. The van der Waals surface area contributed by atoms with Gasteiger partial charge in [0, 0.05) is 6.42 Å². The van der Waals surface area contributed by atoms with E-state index in [0.717, 1.165) is 32.1 Å². The molecule has 24 heavy (non-hydrogen) atoms. The summed E-state index contributed by atoms with van der Waals surface area (Å²) in [7, 11) is 1.43. The van der Waals surface area contributed by atoms with Gasteiger partial charge in [-0.15, -0.1) is 0 Å². The van der Waals surface area contributed by atoms with Crippen molar-refractivity contribution in [1.82, 2.24) is 0 Å². The van der Waals surface area contributed by atoms with Crippen LogP contribution in [0.15, 0.2) is 36.5 Å². The Balaban J connectivity index is 1.92. The fourth-order valence-electron chi connectivity index (χ4n) is 2.54. The molecule has 2 atom stereocenters. The van der Waals surface area contributed by atoms with Gasteiger partial charge < -0.3 is 9.47 Å². The minimum absolute atomic E-state index is 0.127. The van der Waals surface area contributed by atoms with Gasteiger partial charge in [-0.05, 0) is 44.9 Å². The Morgan fingerprint density at radius 3 is 2.25 bits per heavy atom. The number of hydrogen-bond acceptors (Lipinski definition) is 3. The number of rotatable bonds is 14. The minimum Gasteiger partial charge on any atom is -0.469 e. The molecule has 1 saturated heterocycles. The smallest absolute Gasteiger partial charge is 0.305 e. The number of methoxy groups -OCH3 is 1. The maximum Gasteiger partial charge on any atom is 0.305 e. The zero-order chi connectivity index (χ0) is 17.5. The summed E-state index contributed by atoms with van der Waals surface area (Å²) in [4.78, 5) is 10.9. The highest BCUT2D eigenvalue weighted by Crippen LogP contribution is 2.29. The van der Waals surface area contributed by atoms with E-state index in [0.29, 0.717) is 18.6 Å². The highest BCUT2D eigenvalue weighted by molar-refractivity contribution is 5.69. The first-order valence-corrected chi connectivity index (χ1v) is 9.45. The van der Waals surface area contributed by atoms with Gasteiger partial charge in [0.2, 0.25) is 0 Å². The van der Waals surface area contributed by atoms with Crippen LogP contribution in [0.3, 0.4) is 0 Å². The maximum absolute atomic E-state index is 10.9. The number of allylic oxidation sites excluding steroid dienone is 4. The number of hydrogen-bond donors (Lipinski definition) is 0. The van der Waals surface area contributed by atoms with Crippen LogP contribution >= 0.6 is 0 Å². The molecule has 0 aliphatic carbocycles. The molecule has 1 aliphatic rings. The van der Waals surface area contributed by atoms with Crippen LogP contribution in [0.5, 0.6) is 0 Å². The monoisotopic (exact) mass is 334 g/mol. The first-order valence-electron chi connectivity index (χ1n) is 9.45. The van der Waals surface area contributed by atoms with Gasteiger partial charge in [0.05, 0.1) is 19.3 Å². The Bertz CT molecular complexity index is 409. The lowest BCUT2D eigenvalue weighted by molar-refractivity contribution is -0.140. The van der Waals surface area contributed by atoms with Crippen molar-refractivity contribution in [2.75, 3.05) is 7.11 Å². The molecule has 0 N–H and O–H groups in total. The van der Waals surface area contributed by atoms with Gasteiger partial charge in [-0.25, -0.2) is 0 Å². The molecule has 0 radical (unpaired) electrons. The molecule has 3 heteroatoms. The predicted octanol–water partition coefficient (Wildman–Crippen LogP) is 5.52. The molecule has 0 aromatic rings. The second kappa shape index (κ2) is 14.0. The molecule has 1 rings (SSSR count). The van der Waals surface area contributed by atoms with Gasteiger partial charge in [-0.3, -0.25) is 4.79 Å². The molecule has 3 nitrogen and oxygen atoms in total. The molecule has 0 aromatic heterocycles. The average molecular weight is 335 g/mol. The Morgan fingerprint density at radius 1 is 0.917 bits per heavy atom. The van der Waals surface area contributed by atoms with E-state index in [2.05, 4.69) is 48.1 Å². The van der Waals surface area contributed by atoms with E-state index < -0.39 is 0 Å². The highest BCUT2D eigenvalue weighted by atomic mass is 16.6. The Hall–Kier alpha value is -1.35. The Kier molecular flexibility index (Phi) is 12.1. The third kappa shape index (κ3) is 11.2. The van der Waals surface area contributed by atoms with Gasteiger partial charge in [0.25, 0.3) is 0 Å². The van der Waals surface area contributed by atoms with Crippen molar-refractivity contribution in [3.8, 4) is 0 Å². The molecular formula is C21H34O3. The van der Waals surface area contributed by atoms with E-state index in [1.807, 2.05) is 0 Å². The summed E-state index contributed by atoms with van der Waals surface area (Å²) < 4.78 is 10.3. The molecule has 136 valence electrons. The zero-order valence-electron chi connectivity index (χ0n) is 15.4. The van der Waals surface area contributed by atoms with Crippen molar-refractivity contribution < 1.29 is 14.3 Å². The third-order valence-electron chi connectivity index (χ3n) is 4.15. The third-order valence-corrected chi connectivity index (χ3v) is 4.15. The van der Waals surface area contributed by atoms with Crippen molar-refractivity contribution in [3.05, 3.63) is 36.5 Å². The van der Waals surface area contributed by atoms with Crippen LogP contribution in [-0.2, 0) is 14.3 Å². The largest absolute Gasteiger partial charge is 0.469 e. The lowest BCUT2D eigenvalue weighted by atomic mass is 10.1. The summed E-state index contributed by atoms with van der Waals surface area (Å²) in [5.74, 6) is -0.127. The first kappa shape index (κ1) is 20.7. The summed E-state index contributed by atoms with van der Waals surface area (Å²) in [6.07, 6.45) is 24.6. The SMILES string of the molecule is CCCCCC=CC[C@@H]1O[C@@H]1CC=CCC=CCCCC(=O)OC. The molecular weight excluding hydrogens is 300 g/mol. The lowest BCUT2D eigenvalue weighted by Crippen LogP contribution is -1.98. The molecule has 1 fully saturated rings. The summed E-state index contributed by atoms with van der Waals surface area (Å²) in [6, 6.07) is 0. The normalized spacial score (nSPS) is 20.4. The number of carbonyl (C=O) groups is 1. The van der Waals surface area contributed by atoms with Crippen LogP contribution < -0.4 is 0 Å². The fourth-order valence-corrected chi connectivity index (χ4v) is 2.54. The van der Waals surface area contributed by atoms with E-state index in [-0.39, 0.29) is 5.97 Å². The molecule has 0 amide bonds. The number of ether oxygens (including phenoxy) is 2. The van der Waals surface area contributed by atoms with E-state index in [1.165, 1.54) is 32.8 Å². The van der Waals surface area contributed by atoms with Crippen LogP contribution in [0.4, 0.5) is 0 Å². The van der Waals surface area contributed by atoms with Gasteiger partial charge in [-0.1, -0.05) is 56.2 Å². The average Bonchev–Trinajstić information content (AvgIpc) is 3.34. The van der Waals surface area contributed by atoms with E-state index in [9.17, 15) is 4.79 Å². The number of epoxide rings is 1. The molecule has 0 bridgehead atoms. The number of esters is 1. The highest BCUT2D eigenvalue weighted by Gasteiger charge is 2.35. The van der Waals surface area contributed by atoms with Gasteiger partial charge >= 0.3 is 5.97 Å². The van der Waals surface area contributed by atoms with Crippen LogP contribution in [0, 0.1) is 0 Å². The molecule has 1 heterocycles. The molecule has 0 aromatic carbocycles. The summed E-state index contributed by atoms with van der Waals surface area (Å²) in [6.45, 7) is 2.24. The van der Waals surface area contributed by atoms with Gasteiger partial charge in [0.1, 0.15) is 0 Å². The van der Waals surface area contributed by atoms with Crippen LogP contribution in [-0.4, -0.2) is 25.3 Å². The minimum atomic E-state index is -0.127. The molecule has 0 saturated carbocycles. The van der Waals surface area contributed by atoms with Gasteiger partial charge in [0.15, 0.2) is 0 Å². The van der Waals surface area contributed by atoms with Crippen molar-refractivity contribution >= 4 is 5.97 Å². The summed E-state index contributed by atoms with van der Waals surface area (Å²) in [5.41, 5.74) is 0. The number of carbonyl (C=O) groups excluding carboxylic acids is 1. The molecule has 0 spiro atoms. The second-order valence-electron chi connectivity index (χ2n) is 6.30.